The summed E-state index contributed by atoms with van der Waals surface area (Å²) in [5.74, 6) is 0. The maximum absolute atomic E-state index is 9.74. The molecule has 1 aliphatic carbocycles. The van der Waals surface area contributed by atoms with Crippen molar-refractivity contribution in [1.82, 2.24) is 24.3 Å². The average Bonchev–Trinajstić information content (AvgIpc) is 3.32. The van der Waals surface area contributed by atoms with E-state index in [4.69, 9.17) is 4.74 Å². The Morgan fingerprint density at radius 2 is 1.97 bits per heavy atom. The summed E-state index contributed by atoms with van der Waals surface area (Å²) in [7, 11) is -1.09. The molecule has 1 saturated carbocycles. The zero-order valence-electron chi connectivity index (χ0n) is 17.6. The molecule has 0 amide bonds. The lowest BCUT2D eigenvalue weighted by Crippen LogP contribution is -2.22. The van der Waals surface area contributed by atoms with Gasteiger partial charge in [0.25, 0.3) is 0 Å². The zero-order chi connectivity index (χ0) is 20.4. The minimum Gasteiger partial charge on any atom is -0.393 e. The lowest BCUT2D eigenvalue weighted by Gasteiger charge is -2.25. The predicted octanol–water partition coefficient (Wildman–Crippen LogP) is 4.08. The number of aliphatic hydroxyl groups is 1. The molecule has 0 aromatic carbocycles. The Morgan fingerprint density at radius 1 is 1.17 bits per heavy atom. The first-order valence-electron chi connectivity index (χ1n) is 10.5. The van der Waals surface area contributed by atoms with Crippen molar-refractivity contribution in [2.24, 2.45) is 0 Å². The number of hydrogen-bond acceptors (Lipinski definition) is 5. The topological polar surface area (TPSA) is 78.0 Å². The van der Waals surface area contributed by atoms with Crippen LogP contribution >= 0.6 is 0 Å². The van der Waals surface area contributed by atoms with Crippen LogP contribution in [0.5, 0.6) is 0 Å². The fraction of sp³-hybridized carbons (Fsp3) is 0.571. The van der Waals surface area contributed by atoms with E-state index in [-0.39, 0.29) is 6.10 Å². The maximum Gasteiger partial charge on any atom is 0.145 e. The lowest BCUT2D eigenvalue weighted by atomic mass is 9.93. The molecule has 29 heavy (non-hydrogen) atoms. The Labute approximate surface area is 172 Å². The van der Waals surface area contributed by atoms with Crippen LogP contribution in [-0.2, 0) is 11.5 Å². The molecule has 0 unspecified atom stereocenters. The first-order valence-corrected chi connectivity index (χ1v) is 14.2. The lowest BCUT2D eigenvalue weighted by molar-refractivity contribution is 0.0899. The van der Waals surface area contributed by atoms with E-state index >= 15 is 0 Å². The molecule has 0 atom stereocenters. The van der Waals surface area contributed by atoms with Gasteiger partial charge in [-0.05, 0) is 37.8 Å². The van der Waals surface area contributed by atoms with Gasteiger partial charge in [0.05, 0.1) is 24.0 Å². The van der Waals surface area contributed by atoms with Crippen molar-refractivity contribution in [3.8, 4) is 11.3 Å². The number of aliphatic hydroxyl groups excluding tert-OH is 1. The second-order valence-electron chi connectivity index (χ2n) is 9.26. The summed E-state index contributed by atoms with van der Waals surface area (Å²) in [6, 6.07) is 3.57. The van der Waals surface area contributed by atoms with Crippen LogP contribution in [0, 0.1) is 0 Å². The van der Waals surface area contributed by atoms with E-state index < -0.39 is 8.07 Å². The molecule has 1 N–H and O–H groups in total. The summed E-state index contributed by atoms with van der Waals surface area (Å²) in [5.41, 5.74) is 2.79. The van der Waals surface area contributed by atoms with Crippen LogP contribution in [0.1, 0.15) is 31.7 Å². The van der Waals surface area contributed by atoms with Crippen LogP contribution in [0.25, 0.3) is 22.3 Å². The molecule has 4 rings (SSSR count). The van der Waals surface area contributed by atoms with E-state index in [1.165, 1.54) is 0 Å². The quantitative estimate of drug-likeness (QED) is 0.466. The highest BCUT2D eigenvalue weighted by atomic mass is 28.3. The molecule has 0 bridgehead atoms. The molecule has 0 radical (unpaired) electrons. The van der Waals surface area contributed by atoms with Crippen molar-refractivity contribution in [1.29, 1.82) is 0 Å². The van der Waals surface area contributed by atoms with Gasteiger partial charge in [0.1, 0.15) is 18.7 Å². The maximum atomic E-state index is 9.74. The van der Waals surface area contributed by atoms with E-state index in [1.807, 2.05) is 21.6 Å². The molecule has 1 fully saturated rings. The van der Waals surface area contributed by atoms with Crippen LogP contribution in [0.3, 0.4) is 0 Å². The largest absolute Gasteiger partial charge is 0.393 e. The highest BCUT2D eigenvalue weighted by molar-refractivity contribution is 6.76. The normalized spacial score (nSPS) is 20.4. The van der Waals surface area contributed by atoms with Gasteiger partial charge in [-0.2, -0.15) is 5.10 Å². The number of nitrogens with zero attached hydrogens (tertiary/aromatic N) is 5. The fourth-order valence-corrected chi connectivity index (χ4v) is 4.62. The van der Waals surface area contributed by atoms with Gasteiger partial charge in [0.2, 0.25) is 0 Å². The third-order valence-electron chi connectivity index (χ3n) is 5.70. The van der Waals surface area contributed by atoms with Crippen molar-refractivity contribution in [2.75, 3.05) is 6.61 Å². The number of rotatable bonds is 7. The first-order chi connectivity index (χ1) is 13.9. The standard InChI is InChI=1S/C21H31N5O2Si/c1-29(2,3)11-10-28-15-25-9-8-19-20(22-14-23-21(19)25)16-12-24-26(13-16)17-4-6-18(27)7-5-17/h8-9,12-14,17-18,27H,4-7,10-11,15H2,1-3H3. The van der Waals surface area contributed by atoms with Crippen molar-refractivity contribution >= 4 is 19.1 Å². The SMILES string of the molecule is C[Si](C)(C)CCOCn1ccc2c(-c3cnn(C4CCC(O)CC4)c3)ncnc21. The van der Waals surface area contributed by atoms with Gasteiger partial charge >= 0.3 is 0 Å². The summed E-state index contributed by atoms with van der Waals surface area (Å²) in [4.78, 5) is 9.02. The number of ether oxygens (including phenoxy) is 1. The minimum atomic E-state index is -1.09. The summed E-state index contributed by atoms with van der Waals surface area (Å²) >= 11 is 0. The van der Waals surface area contributed by atoms with Gasteiger partial charge in [-0.3, -0.25) is 4.68 Å². The molecule has 0 spiro atoms. The van der Waals surface area contributed by atoms with Gasteiger partial charge in [-0.25, -0.2) is 9.97 Å². The van der Waals surface area contributed by atoms with Crippen molar-refractivity contribution in [2.45, 2.75) is 70.2 Å². The Hall–Kier alpha value is -2.03. The van der Waals surface area contributed by atoms with E-state index in [0.29, 0.717) is 12.8 Å². The van der Waals surface area contributed by atoms with E-state index in [1.54, 1.807) is 6.33 Å². The monoisotopic (exact) mass is 413 g/mol. The highest BCUT2D eigenvalue weighted by Gasteiger charge is 2.22. The smallest absolute Gasteiger partial charge is 0.145 e. The molecule has 3 heterocycles. The molecule has 0 aliphatic heterocycles. The van der Waals surface area contributed by atoms with E-state index in [0.717, 1.165) is 60.6 Å². The minimum absolute atomic E-state index is 0.157. The highest BCUT2D eigenvalue weighted by Crippen LogP contribution is 2.31. The van der Waals surface area contributed by atoms with Crippen LogP contribution in [-0.4, -0.2) is 50.2 Å². The van der Waals surface area contributed by atoms with Gasteiger partial charge < -0.3 is 14.4 Å². The zero-order valence-corrected chi connectivity index (χ0v) is 18.6. The Morgan fingerprint density at radius 3 is 2.72 bits per heavy atom. The van der Waals surface area contributed by atoms with Gasteiger partial charge in [-0.15, -0.1) is 0 Å². The predicted molar refractivity (Wildman–Crippen MR) is 116 cm³/mol. The summed E-state index contributed by atoms with van der Waals surface area (Å²) in [5, 5.41) is 15.3. The first kappa shape index (κ1) is 20.2. The third-order valence-corrected chi connectivity index (χ3v) is 7.40. The Bertz CT molecular complexity index is 954. The molecule has 1 aliphatic rings. The Balaban J connectivity index is 1.50. The van der Waals surface area contributed by atoms with Crippen LogP contribution in [0.15, 0.2) is 31.0 Å². The molecular formula is C21H31N5O2Si. The molecule has 156 valence electrons. The van der Waals surface area contributed by atoms with Crippen LogP contribution < -0.4 is 0 Å². The number of hydrogen-bond donors (Lipinski definition) is 1. The number of aromatic nitrogens is 5. The molecular weight excluding hydrogens is 382 g/mol. The molecule has 0 saturated heterocycles. The second kappa shape index (κ2) is 8.37. The number of fused-ring (bicyclic) bond motifs is 1. The van der Waals surface area contributed by atoms with E-state index in [2.05, 4.69) is 47.0 Å². The van der Waals surface area contributed by atoms with Crippen molar-refractivity contribution in [3.05, 3.63) is 31.0 Å². The second-order valence-corrected chi connectivity index (χ2v) is 14.9. The summed E-state index contributed by atoms with van der Waals surface area (Å²) in [6.07, 6.45) is 11.1. The van der Waals surface area contributed by atoms with Crippen LogP contribution in [0.2, 0.25) is 25.7 Å². The molecule has 8 heteroatoms. The van der Waals surface area contributed by atoms with Crippen LogP contribution in [0.4, 0.5) is 0 Å². The molecule has 3 aromatic rings. The average molecular weight is 414 g/mol. The van der Waals surface area contributed by atoms with Gasteiger partial charge in [-0.1, -0.05) is 19.6 Å². The summed E-state index contributed by atoms with van der Waals surface area (Å²) < 4.78 is 9.97. The molecule has 7 nitrogen and oxygen atoms in total. The van der Waals surface area contributed by atoms with Gasteiger partial charge in [0, 0.05) is 38.0 Å². The van der Waals surface area contributed by atoms with Gasteiger partial charge in [0.15, 0.2) is 0 Å². The van der Waals surface area contributed by atoms with Crippen molar-refractivity contribution in [3.63, 3.8) is 0 Å². The fourth-order valence-electron chi connectivity index (χ4n) is 3.86. The van der Waals surface area contributed by atoms with E-state index in [9.17, 15) is 5.11 Å². The molecule has 3 aromatic heterocycles. The van der Waals surface area contributed by atoms with Crippen molar-refractivity contribution < 1.29 is 9.84 Å². The third kappa shape index (κ3) is 4.76. The summed E-state index contributed by atoms with van der Waals surface area (Å²) in [6.45, 7) is 8.37. The Kier molecular flexibility index (Phi) is 5.85.